The molecule has 0 aromatic heterocycles. The first-order valence-electron chi connectivity index (χ1n) is 21.3. The van der Waals surface area contributed by atoms with E-state index in [1.165, 1.54) is 33.1 Å². The standard InChI is InChI=1S/C13H19FN2O.C13H20N2O.C12H17FN2O.C12H18N2O/c1-5-15(3)9-13(17)16(4)11-7-6-10(2)12(14)8-11;1-5-14(3)10-13(16)15(4)12-8-6-11(2)7-9-12;1-9-5-6-10(7-11(9)13)15(4)12(16)8-14(2)3;1-10-5-7-11(8-6-10)14(4)12(15)9-13(2)3/h6-8H,5,9H2,1-4H3;6-9H,5,10H2,1-4H3;5-7H,8H2,1-4H3;5-8H,9H2,1-4H3. The lowest BCUT2D eigenvalue weighted by Gasteiger charge is -2.21. The van der Waals surface area contributed by atoms with Gasteiger partial charge in [0.2, 0.25) is 23.6 Å². The highest BCUT2D eigenvalue weighted by Gasteiger charge is 2.16. The molecule has 0 heterocycles. The van der Waals surface area contributed by atoms with Crippen LogP contribution >= 0.6 is 0 Å². The molecule has 0 atom stereocenters. The van der Waals surface area contributed by atoms with Crippen molar-refractivity contribution >= 4 is 46.4 Å². The second-order valence-corrected chi connectivity index (χ2v) is 16.5. The fourth-order valence-corrected chi connectivity index (χ4v) is 5.34. The molecule has 0 bridgehead atoms. The second-order valence-electron chi connectivity index (χ2n) is 16.5. The molecule has 4 aromatic rings. The van der Waals surface area contributed by atoms with Crippen molar-refractivity contribution in [3.05, 3.63) is 119 Å². The minimum absolute atomic E-state index is 0.0439. The van der Waals surface area contributed by atoms with Gasteiger partial charge in [-0.2, -0.15) is 0 Å². The first-order valence-corrected chi connectivity index (χ1v) is 21.3. The number of benzene rings is 4. The first kappa shape index (κ1) is 56.5. The average molecular weight is 889 g/mol. The van der Waals surface area contributed by atoms with Crippen molar-refractivity contribution in [2.75, 3.05) is 129 Å². The predicted octanol–water partition coefficient (Wildman–Crippen LogP) is 7.14. The Kier molecular flexibility index (Phi) is 25.0. The number of carbonyl (C=O) groups excluding carboxylic acids is 4. The van der Waals surface area contributed by atoms with Crippen LogP contribution in [0.4, 0.5) is 31.5 Å². The number of rotatable bonds is 14. The Balaban J connectivity index is 0.000000427. The summed E-state index contributed by atoms with van der Waals surface area (Å²) in [5.74, 6) is -0.462. The summed E-state index contributed by atoms with van der Waals surface area (Å²) < 4.78 is 26.7. The molecule has 64 heavy (non-hydrogen) atoms. The van der Waals surface area contributed by atoms with Gasteiger partial charge < -0.3 is 29.4 Å². The molecule has 12 nitrogen and oxygen atoms in total. The molecule has 0 fully saturated rings. The summed E-state index contributed by atoms with van der Waals surface area (Å²) in [4.78, 5) is 61.1. The summed E-state index contributed by atoms with van der Waals surface area (Å²) in [7, 11) is 18.2. The summed E-state index contributed by atoms with van der Waals surface area (Å²) >= 11 is 0. The van der Waals surface area contributed by atoms with Crippen molar-refractivity contribution in [3.8, 4) is 0 Å². The molecule has 4 aromatic carbocycles. The number of likely N-dealkylation sites (N-methyl/N-ethyl adjacent to an activating group) is 8. The van der Waals surface area contributed by atoms with Crippen molar-refractivity contribution < 1.29 is 28.0 Å². The number of amides is 4. The summed E-state index contributed by atoms with van der Waals surface area (Å²) in [6, 6.07) is 25.5. The normalized spacial score (nSPS) is 10.6. The van der Waals surface area contributed by atoms with Crippen LogP contribution in [0.3, 0.4) is 0 Å². The lowest BCUT2D eigenvalue weighted by molar-refractivity contribution is -0.119. The molecule has 0 saturated carbocycles. The van der Waals surface area contributed by atoms with Gasteiger partial charge in [-0.05, 0) is 143 Å². The van der Waals surface area contributed by atoms with Crippen molar-refractivity contribution in [2.24, 2.45) is 0 Å². The smallest absolute Gasteiger partial charge is 0.240 e. The Morgan fingerprint density at radius 2 is 0.641 bits per heavy atom. The van der Waals surface area contributed by atoms with Crippen molar-refractivity contribution in [1.82, 2.24) is 19.6 Å². The number of hydrogen-bond donors (Lipinski definition) is 0. The molecule has 14 heteroatoms. The van der Waals surface area contributed by atoms with Crippen molar-refractivity contribution in [2.45, 2.75) is 41.5 Å². The fourth-order valence-electron chi connectivity index (χ4n) is 5.34. The summed E-state index contributed by atoms with van der Waals surface area (Å²) in [6.07, 6.45) is 0. The largest absolute Gasteiger partial charge is 0.314 e. The Hall–Kier alpha value is -5.54. The lowest BCUT2D eigenvalue weighted by atomic mass is 10.2. The number of hydrogen-bond acceptors (Lipinski definition) is 8. The van der Waals surface area contributed by atoms with Crippen LogP contribution in [0.25, 0.3) is 0 Å². The number of nitrogens with zero attached hydrogens (tertiary/aromatic N) is 8. The molecule has 0 aliphatic heterocycles. The minimum atomic E-state index is -0.290. The highest BCUT2D eigenvalue weighted by molar-refractivity contribution is 5.96. The number of anilines is 4. The van der Waals surface area contributed by atoms with E-state index >= 15 is 0 Å². The Bertz CT molecular complexity index is 2060. The maximum atomic E-state index is 13.4. The number of carbonyl (C=O) groups is 4. The van der Waals surface area contributed by atoms with Crippen LogP contribution in [0.1, 0.15) is 36.1 Å². The maximum Gasteiger partial charge on any atom is 0.240 e. The van der Waals surface area contributed by atoms with E-state index < -0.39 is 0 Å². The quantitative estimate of drug-likeness (QED) is 0.132. The molecule has 352 valence electrons. The first-order chi connectivity index (χ1) is 29.9. The van der Waals surface area contributed by atoms with Gasteiger partial charge in [0.15, 0.2) is 0 Å². The third kappa shape index (κ3) is 20.3. The molecule has 0 N–H and O–H groups in total. The third-order valence-corrected chi connectivity index (χ3v) is 10.2. The molecule has 0 radical (unpaired) electrons. The molecular formula is C50H74F2N8O4. The van der Waals surface area contributed by atoms with E-state index in [1.807, 2.05) is 140 Å². The molecule has 0 unspecified atom stereocenters. The van der Waals surface area contributed by atoms with Crippen LogP contribution in [-0.2, 0) is 19.2 Å². The van der Waals surface area contributed by atoms with E-state index in [-0.39, 0.29) is 35.3 Å². The zero-order valence-electron chi connectivity index (χ0n) is 41.3. The molecule has 0 aliphatic rings. The number of aryl methyl sites for hydroxylation is 4. The van der Waals surface area contributed by atoms with Crippen LogP contribution in [0, 0.1) is 39.3 Å². The minimum Gasteiger partial charge on any atom is -0.314 e. The van der Waals surface area contributed by atoms with Gasteiger partial charge >= 0.3 is 0 Å². The van der Waals surface area contributed by atoms with E-state index in [9.17, 15) is 28.0 Å². The van der Waals surface area contributed by atoms with E-state index in [2.05, 4.69) is 0 Å². The zero-order valence-corrected chi connectivity index (χ0v) is 41.3. The molecular weight excluding hydrogens is 815 g/mol. The molecule has 0 spiro atoms. The van der Waals surface area contributed by atoms with Gasteiger partial charge in [-0.1, -0.05) is 61.4 Å². The molecule has 0 saturated heterocycles. The van der Waals surface area contributed by atoms with Gasteiger partial charge in [0.05, 0.1) is 26.2 Å². The fraction of sp³-hybridized carbons (Fsp3) is 0.440. The van der Waals surface area contributed by atoms with Gasteiger partial charge in [-0.25, -0.2) is 8.78 Å². The lowest BCUT2D eigenvalue weighted by Crippen LogP contribution is -2.36. The van der Waals surface area contributed by atoms with Gasteiger partial charge in [-0.15, -0.1) is 0 Å². The summed E-state index contributed by atoms with van der Waals surface area (Å²) in [6.45, 7) is 14.7. The topological polar surface area (TPSA) is 94.2 Å². The van der Waals surface area contributed by atoms with E-state index in [4.69, 9.17) is 0 Å². The van der Waals surface area contributed by atoms with Gasteiger partial charge in [0.25, 0.3) is 0 Å². The van der Waals surface area contributed by atoms with Crippen LogP contribution in [-0.4, -0.2) is 153 Å². The molecule has 4 rings (SSSR count). The van der Waals surface area contributed by atoms with Crippen LogP contribution in [0.5, 0.6) is 0 Å². The maximum absolute atomic E-state index is 13.4. The average Bonchev–Trinajstić information content (AvgIpc) is 3.25. The van der Waals surface area contributed by atoms with Gasteiger partial charge in [0.1, 0.15) is 11.6 Å². The van der Waals surface area contributed by atoms with E-state index in [0.717, 1.165) is 24.5 Å². The van der Waals surface area contributed by atoms with Crippen LogP contribution < -0.4 is 19.6 Å². The van der Waals surface area contributed by atoms with E-state index in [0.29, 0.717) is 48.7 Å². The summed E-state index contributed by atoms with van der Waals surface area (Å²) in [5.41, 5.74) is 6.62. The molecule has 4 amide bonds. The van der Waals surface area contributed by atoms with Gasteiger partial charge in [-0.3, -0.25) is 29.0 Å². The van der Waals surface area contributed by atoms with Crippen molar-refractivity contribution in [1.29, 1.82) is 0 Å². The zero-order chi connectivity index (χ0) is 48.8. The highest BCUT2D eigenvalue weighted by atomic mass is 19.1. The third-order valence-electron chi connectivity index (χ3n) is 10.2. The van der Waals surface area contributed by atoms with Crippen molar-refractivity contribution in [3.63, 3.8) is 0 Å². The number of halogens is 2. The SMILES string of the molecule is CCN(C)CC(=O)N(C)c1ccc(C)c(F)c1.CCN(C)CC(=O)N(C)c1ccc(C)cc1.Cc1ccc(N(C)C(=O)CN(C)C)cc1.Cc1ccc(N(C)C(=O)CN(C)C)cc1F. The van der Waals surface area contributed by atoms with Crippen LogP contribution in [0.2, 0.25) is 0 Å². The van der Waals surface area contributed by atoms with Gasteiger partial charge in [0, 0.05) is 50.9 Å². The second kappa shape index (κ2) is 28.3. The Labute approximate surface area is 382 Å². The highest BCUT2D eigenvalue weighted by Crippen LogP contribution is 2.19. The van der Waals surface area contributed by atoms with E-state index in [1.54, 1.807) is 74.0 Å². The summed E-state index contributed by atoms with van der Waals surface area (Å²) in [5, 5.41) is 0. The monoisotopic (exact) mass is 889 g/mol. The molecule has 0 aliphatic carbocycles. The predicted molar refractivity (Wildman–Crippen MR) is 262 cm³/mol. The van der Waals surface area contributed by atoms with Crippen LogP contribution in [0.15, 0.2) is 84.9 Å². The Morgan fingerprint density at radius 1 is 0.391 bits per heavy atom. The Morgan fingerprint density at radius 3 is 0.891 bits per heavy atom.